The lowest BCUT2D eigenvalue weighted by Gasteiger charge is -2.32. The number of fused-ring (bicyclic) bond motifs is 1. The zero-order valence-electron chi connectivity index (χ0n) is 22.2. The van der Waals surface area contributed by atoms with Crippen LogP contribution in [0.2, 0.25) is 0 Å². The van der Waals surface area contributed by atoms with Gasteiger partial charge in [-0.25, -0.2) is 9.97 Å². The zero-order chi connectivity index (χ0) is 27.5. The third-order valence-corrected chi connectivity index (χ3v) is 7.26. The summed E-state index contributed by atoms with van der Waals surface area (Å²) in [4.78, 5) is 27.9. The Morgan fingerprint density at radius 3 is 2.75 bits per heavy atom. The van der Waals surface area contributed by atoms with E-state index in [2.05, 4.69) is 20.2 Å². The van der Waals surface area contributed by atoms with Crippen LogP contribution in [0.4, 0.5) is 11.6 Å². The average Bonchev–Trinajstić information content (AvgIpc) is 3.61. The van der Waals surface area contributed by atoms with E-state index in [0.29, 0.717) is 23.8 Å². The SMILES string of the molecule is COc1ccc(Cn2nc(NC(=O)c3ccc(N4CCCC(CO)C4)nc3)cc2-c2nc3ccccc3[nH]2)cc1. The van der Waals surface area contributed by atoms with Gasteiger partial charge < -0.3 is 25.0 Å². The van der Waals surface area contributed by atoms with E-state index in [1.165, 1.54) is 0 Å². The fraction of sp³-hybridized carbons (Fsp3) is 0.267. The smallest absolute Gasteiger partial charge is 0.258 e. The number of ether oxygens (including phenoxy) is 1. The largest absolute Gasteiger partial charge is 0.497 e. The molecule has 0 aliphatic carbocycles. The van der Waals surface area contributed by atoms with Gasteiger partial charge in [-0.05, 0) is 60.7 Å². The van der Waals surface area contributed by atoms with Crippen LogP contribution in [0, 0.1) is 5.92 Å². The number of piperidine rings is 1. The van der Waals surface area contributed by atoms with E-state index in [1.54, 1.807) is 19.4 Å². The molecule has 5 aromatic rings. The van der Waals surface area contributed by atoms with E-state index in [-0.39, 0.29) is 18.4 Å². The minimum atomic E-state index is -0.295. The van der Waals surface area contributed by atoms with Crippen LogP contribution in [-0.2, 0) is 6.54 Å². The molecular weight excluding hydrogens is 506 g/mol. The maximum absolute atomic E-state index is 13.1. The fourth-order valence-electron chi connectivity index (χ4n) is 5.09. The van der Waals surface area contributed by atoms with Crippen molar-refractivity contribution in [3.63, 3.8) is 0 Å². The standard InChI is InChI=1S/C30H31N7O3/c1-40-23-11-8-20(9-12-23)18-37-26(29-32-24-6-2-3-7-25(24)33-29)15-27(35-37)34-30(39)22-10-13-28(31-16-22)36-14-4-5-21(17-36)19-38/h2-3,6-13,15-16,21,38H,4-5,14,17-19H2,1H3,(H,32,33)(H,34,35,39). The minimum absolute atomic E-state index is 0.179. The number of hydrogen-bond acceptors (Lipinski definition) is 7. The Balaban J connectivity index is 1.24. The molecule has 10 heteroatoms. The number of nitrogens with one attached hydrogen (secondary N) is 2. The van der Waals surface area contributed by atoms with Gasteiger partial charge >= 0.3 is 0 Å². The van der Waals surface area contributed by atoms with Gasteiger partial charge in [0.25, 0.3) is 5.91 Å². The first kappa shape index (κ1) is 25.6. The first-order valence-electron chi connectivity index (χ1n) is 13.4. The zero-order valence-corrected chi connectivity index (χ0v) is 22.2. The Kier molecular flexibility index (Phi) is 7.15. The molecule has 1 atom stereocenters. The first-order chi connectivity index (χ1) is 19.6. The molecule has 2 aromatic carbocycles. The van der Waals surface area contributed by atoms with Crippen molar-refractivity contribution in [1.82, 2.24) is 24.7 Å². The molecule has 10 nitrogen and oxygen atoms in total. The molecule has 204 valence electrons. The van der Waals surface area contributed by atoms with Crippen LogP contribution in [-0.4, -0.2) is 62.6 Å². The average molecular weight is 538 g/mol. The van der Waals surface area contributed by atoms with Crippen LogP contribution in [0.3, 0.4) is 0 Å². The quantitative estimate of drug-likeness (QED) is 0.269. The highest BCUT2D eigenvalue weighted by Gasteiger charge is 2.21. The number of H-pyrrole nitrogens is 1. The summed E-state index contributed by atoms with van der Waals surface area (Å²) >= 11 is 0. The second-order valence-corrected chi connectivity index (χ2v) is 10.0. The number of aromatic amines is 1. The van der Waals surface area contributed by atoms with Crippen molar-refractivity contribution in [2.75, 3.05) is 37.0 Å². The predicted octanol–water partition coefficient (Wildman–Crippen LogP) is 4.34. The highest BCUT2D eigenvalue weighted by atomic mass is 16.5. The summed E-state index contributed by atoms with van der Waals surface area (Å²) < 4.78 is 7.11. The van der Waals surface area contributed by atoms with Gasteiger partial charge in [0.15, 0.2) is 11.6 Å². The topological polar surface area (TPSA) is 121 Å². The van der Waals surface area contributed by atoms with Gasteiger partial charge in [0.05, 0.1) is 30.3 Å². The normalized spacial score (nSPS) is 15.3. The molecule has 1 amide bonds. The molecule has 0 bridgehead atoms. The van der Waals surface area contributed by atoms with Gasteiger partial charge in [-0.15, -0.1) is 0 Å². The van der Waals surface area contributed by atoms with Crippen LogP contribution in [0.1, 0.15) is 28.8 Å². The van der Waals surface area contributed by atoms with Gasteiger partial charge in [0.1, 0.15) is 17.3 Å². The van der Waals surface area contributed by atoms with E-state index >= 15 is 0 Å². The Morgan fingerprint density at radius 2 is 2.00 bits per heavy atom. The van der Waals surface area contributed by atoms with Gasteiger partial charge in [-0.1, -0.05) is 24.3 Å². The van der Waals surface area contributed by atoms with Crippen LogP contribution in [0.5, 0.6) is 5.75 Å². The third-order valence-electron chi connectivity index (χ3n) is 7.26. The number of imidazole rings is 1. The molecule has 1 fully saturated rings. The molecule has 1 saturated heterocycles. The number of aliphatic hydroxyl groups excluding tert-OH is 1. The molecule has 40 heavy (non-hydrogen) atoms. The van der Waals surface area contributed by atoms with E-state index in [0.717, 1.165) is 59.8 Å². The molecule has 1 aliphatic rings. The van der Waals surface area contributed by atoms with Crippen LogP contribution in [0.15, 0.2) is 72.9 Å². The van der Waals surface area contributed by atoms with Crippen molar-refractivity contribution in [2.24, 2.45) is 5.92 Å². The molecule has 6 rings (SSSR count). The van der Waals surface area contributed by atoms with E-state index in [1.807, 2.05) is 65.3 Å². The van der Waals surface area contributed by atoms with Crippen LogP contribution in [0.25, 0.3) is 22.6 Å². The van der Waals surface area contributed by atoms with Gasteiger partial charge in [0.2, 0.25) is 0 Å². The lowest BCUT2D eigenvalue weighted by Crippen LogP contribution is -2.37. The highest BCUT2D eigenvalue weighted by molar-refractivity contribution is 6.03. The number of pyridine rings is 1. The summed E-state index contributed by atoms with van der Waals surface area (Å²) in [5, 5.41) is 17.2. The molecule has 1 aliphatic heterocycles. The lowest BCUT2D eigenvalue weighted by atomic mass is 9.99. The number of methoxy groups -OCH3 is 1. The number of aromatic nitrogens is 5. The highest BCUT2D eigenvalue weighted by Crippen LogP contribution is 2.26. The summed E-state index contributed by atoms with van der Waals surface area (Å²) in [6.45, 7) is 2.32. The molecule has 1 unspecified atom stereocenters. The molecular formula is C30H31N7O3. The second kappa shape index (κ2) is 11.2. The number of hydrogen-bond donors (Lipinski definition) is 3. The van der Waals surface area contributed by atoms with Crippen molar-refractivity contribution < 1.29 is 14.6 Å². The van der Waals surface area contributed by atoms with Gasteiger partial charge in [-0.3, -0.25) is 9.48 Å². The maximum atomic E-state index is 13.1. The number of aliphatic hydroxyl groups is 1. The molecule has 3 aromatic heterocycles. The fourth-order valence-corrected chi connectivity index (χ4v) is 5.09. The van der Waals surface area contributed by atoms with Crippen molar-refractivity contribution in [3.8, 4) is 17.3 Å². The van der Waals surface area contributed by atoms with Gasteiger partial charge in [-0.2, -0.15) is 5.10 Å². The van der Waals surface area contributed by atoms with Crippen molar-refractivity contribution in [1.29, 1.82) is 0 Å². The third kappa shape index (κ3) is 5.39. The minimum Gasteiger partial charge on any atom is -0.497 e. The summed E-state index contributed by atoms with van der Waals surface area (Å²) in [5.41, 5.74) is 3.99. The number of benzene rings is 2. The summed E-state index contributed by atoms with van der Waals surface area (Å²) in [7, 11) is 1.64. The number of carbonyl (C=O) groups excluding carboxylic acids is 1. The predicted molar refractivity (Wildman–Crippen MR) is 154 cm³/mol. The number of amides is 1. The second-order valence-electron chi connectivity index (χ2n) is 10.0. The Labute approximate surface area is 231 Å². The number of para-hydroxylation sites is 2. The summed E-state index contributed by atoms with van der Waals surface area (Å²) in [6.07, 6.45) is 3.62. The number of nitrogens with zero attached hydrogens (tertiary/aromatic N) is 5. The molecule has 3 N–H and O–H groups in total. The first-order valence-corrected chi connectivity index (χ1v) is 13.4. The molecule has 0 saturated carbocycles. The lowest BCUT2D eigenvalue weighted by molar-refractivity contribution is 0.102. The van der Waals surface area contributed by atoms with E-state index in [9.17, 15) is 9.90 Å². The van der Waals surface area contributed by atoms with Crippen molar-refractivity contribution in [3.05, 3.63) is 84.1 Å². The molecule has 0 spiro atoms. The number of carbonyl (C=O) groups is 1. The van der Waals surface area contributed by atoms with Crippen LogP contribution >= 0.6 is 0 Å². The van der Waals surface area contributed by atoms with Crippen LogP contribution < -0.4 is 15.0 Å². The van der Waals surface area contributed by atoms with Crippen molar-refractivity contribution >= 4 is 28.6 Å². The summed E-state index contributed by atoms with van der Waals surface area (Å²) in [6, 6.07) is 21.1. The summed E-state index contributed by atoms with van der Waals surface area (Å²) in [5.74, 6) is 2.63. The monoisotopic (exact) mass is 537 g/mol. The Morgan fingerprint density at radius 1 is 1.15 bits per heavy atom. The van der Waals surface area contributed by atoms with E-state index in [4.69, 9.17) is 14.8 Å². The van der Waals surface area contributed by atoms with Crippen molar-refractivity contribution in [2.45, 2.75) is 19.4 Å². The Bertz CT molecular complexity index is 1580. The molecule has 0 radical (unpaired) electrons. The maximum Gasteiger partial charge on any atom is 0.258 e. The number of anilines is 2. The number of rotatable bonds is 8. The van der Waals surface area contributed by atoms with Gasteiger partial charge in [0, 0.05) is 32.0 Å². The molecule has 4 heterocycles. The van der Waals surface area contributed by atoms with E-state index < -0.39 is 0 Å². The Hall–Kier alpha value is -4.70.